The molecular weight excluding hydrogens is 539 g/mol. The van der Waals surface area contributed by atoms with Gasteiger partial charge in [-0.2, -0.15) is 0 Å². The van der Waals surface area contributed by atoms with Crippen molar-refractivity contribution in [3.05, 3.63) is 84.2 Å². The smallest absolute Gasteiger partial charge is 0.333 e. The van der Waals surface area contributed by atoms with Crippen LogP contribution >= 0.6 is 27.7 Å². The van der Waals surface area contributed by atoms with Gasteiger partial charge in [0, 0.05) is 24.3 Å². The second-order valence-electron chi connectivity index (χ2n) is 7.74. The summed E-state index contributed by atoms with van der Waals surface area (Å²) in [6.45, 7) is 3.87. The first-order chi connectivity index (χ1) is 16.5. The maximum Gasteiger partial charge on any atom is 0.333 e. The van der Waals surface area contributed by atoms with Crippen molar-refractivity contribution in [2.45, 2.75) is 20.3 Å². The molecule has 2 aromatic carbocycles. The van der Waals surface area contributed by atoms with E-state index in [-0.39, 0.29) is 22.3 Å². The summed E-state index contributed by atoms with van der Waals surface area (Å²) in [6.07, 6.45) is 0.711. The number of hydrogen-bond acceptors (Lipinski definition) is 6. The van der Waals surface area contributed by atoms with Crippen molar-refractivity contribution < 1.29 is 14.3 Å². The fraction of sp³-hybridized carbons (Fsp3) is 0.250. The molecule has 184 valence electrons. The van der Waals surface area contributed by atoms with Gasteiger partial charge in [-0.25, -0.2) is 14.2 Å². The lowest BCUT2D eigenvalue weighted by Crippen LogP contribution is -2.39. The number of benzene rings is 2. The van der Waals surface area contributed by atoms with E-state index in [1.54, 1.807) is 0 Å². The Morgan fingerprint density at radius 3 is 2.46 bits per heavy atom. The fourth-order valence-electron chi connectivity index (χ4n) is 3.39. The number of nitrogens with zero attached hydrogens (tertiary/aromatic N) is 3. The molecule has 0 bridgehead atoms. The number of nitrogens with one attached hydrogen (secondary N) is 1. The predicted molar refractivity (Wildman–Crippen MR) is 141 cm³/mol. The molecule has 0 fully saturated rings. The van der Waals surface area contributed by atoms with Gasteiger partial charge in [0.15, 0.2) is 0 Å². The third-order valence-corrected chi connectivity index (χ3v) is 6.71. The molecule has 0 aliphatic heterocycles. The second kappa shape index (κ2) is 11.0. The number of anilines is 1. The van der Waals surface area contributed by atoms with Gasteiger partial charge in [-0.05, 0) is 60.9 Å². The molecular formula is C24H24BrFN4O4S. The number of aromatic nitrogens is 2. The van der Waals surface area contributed by atoms with E-state index in [0.717, 1.165) is 36.5 Å². The van der Waals surface area contributed by atoms with Crippen LogP contribution in [0.2, 0.25) is 0 Å². The molecule has 11 heteroatoms. The molecule has 1 amide bonds. The average Bonchev–Trinajstić information content (AvgIpc) is 2.82. The molecule has 0 unspecified atom stereocenters. The Morgan fingerprint density at radius 2 is 1.83 bits per heavy atom. The number of thioether (sulfide) groups is 1. The number of hydrogen-bond donors (Lipinski definition) is 2. The summed E-state index contributed by atoms with van der Waals surface area (Å²) in [6, 6.07) is 9.04. The van der Waals surface area contributed by atoms with Crippen LogP contribution in [-0.2, 0) is 25.3 Å². The van der Waals surface area contributed by atoms with E-state index in [1.165, 1.54) is 38.4 Å². The Balaban J connectivity index is 1.99. The first-order valence-electron chi connectivity index (χ1n) is 10.6. The van der Waals surface area contributed by atoms with Crippen molar-refractivity contribution in [3.8, 4) is 5.88 Å². The van der Waals surface area contributed by atoms with Gasteiger partial charge in [0.05, 0.1) is 11.4 Å². The van der Waals surface area contributed by atoms with Crippen LogP contribution in [0.5, 0.6) is 5.88 Å². The summed E-state index contributed by atoms with van der Waals surface area (Å²) in [7, 11) is 2.60. The lowest BCUT2D eigenvalue weighted by Gasteiger charge is -2.15. The molecule has 0 aliphatic rings. The highest BCUT2D eigenvalue weighted by atomic mass is 79.9. The van der Waals surface area contributed by atoms with Gasteiger partial charge in [0.25, 0.3) is 5.56 Å². The van der Waals surface area contributed by atoms with Gasteiger partial charge in [-0.15, -0.1) is 0 Å². The number of rotatable bonds is 6. The minimum absolute atomic E-state index is 0.0173. The van der Waals surface area contributed by atoms with Gasteiger partial charge >= 0.3 is 5.69 Å². The van der Waals surface area contributed by atoms with Crippen LogP contribution in [-0.4, -0.2) is 30.9 Å². The average molecular weight is 563 g/mol. The molecule has 0 spiro atoms. The van der Waals surface area contributed by atoms with E-state index in [4.69, 9.17) is 0 Å². The third kappa shape index (κ3) is 5.91. The standard InChI is InChI=1S/C24H24BrFN4O4S/c1-5-14-11-15(25)10-13(2)20(14)28-18(31)12-35-21(27-17-8-6-16(26)7-9-17)19-22(32)29(3)24(34)30(4)23(19)33/h6-11,32H,5,12H2,1-4H3,(H,28,31). The van der Waals surface area contributed by atoms with Crippen LogP contribution in [0.25, 0.3) is 0 Å². The normalized spacial score (nSPS) is 11.5. The summed E-state index contributed by atoms with van der Waals surface area (Å²) in [5.41, 5.74) is 1.15. The monoisotopic (exact) mass is 562 g/mol. The minimum atomic E-state index is -0.767. The number of carbonyl (C=O) groups is 1. The lowest BCUT2D eigenvalue weighted by atomic mass is 10.1. The molecule has 0 saturated carbocycles. The molecule has 0 atom stereocenters. The van der Waals surface area contributed by atoms with Crippen LogP contribution in [0, 0.1) is 12.7 Å². The summed E-state index contributed by atoms with van der Waals surface area (Å²) in [4.78, 5) is 42.3. The van der Waals surface area contributed by atoms with Crippen LogP contribution < -0.4 is 16.6 Å². The molecule has 0 aliphatic carbocycles. The Hall–Kier alpha value is -3.18. The van der Waals surface area contributed by atoms with E-state index in [1.807, 2.05) is 26.0 Å². The largest absolute Gasteiger partial charge is 0.494 e. The molecule has 3 rings (SSSR count). The van der Waals surface area contributed by atoms with Gasteiger partial charge in [-0.3, -0.25) is 18.7 Å². The summed E-state index contributed by atoms with van der Waals surface area (Å²) in [5, 5.41) is 13.5. The van der Waals surface area contributed by atoms with Crippen molar-refractivity contribution in [1.29, 1.82) is 0 Å². The number of aliphatic imine (C=N–C) groups is 1. The van der Waals surface area contributed by atoms with Crippen molar-refractivity contribution in [2.75, 3.05) is 11.1 Å². The second-order valence-corrected chi connectivity index (χ2v) is 9.62. The third-order valence-electron chi connectivity index (χ3n) is 5.27. The van der Waals surface area contributed by atoms with Crippen LogP contribution in [0.3, 0.4) is 0 Å². The quantitative estimate of drug-likeness (QED) is 0.348. The molecule has 0 saturated heterocycles. The van der Waals surface area contributed by atoms with E-state index >= 15 is 0 Å². The summed E-state index contributed by atoms with van der Waals surface area (Å²) >= 11 is 4.38. The maximum absolute atomic E-state index is 13.4. The topological polar surface area (TPSA) is 106 Å². The van der Waals surface area contributed by atoms with Crippen LogP contribution in [0.4, 0.5) is 15.8 Å². The first-order valence-corrected chi connectivity index (χ1v) is 12.4. The van der Waals surface area contributed by atoms with Crippen molar-refractivity contribution in [1.82, 2.24) is 9.13 Å². The van der Waals surface area contributed by atoms with Crippen molar-refractivity contribution in [2.24, 2.45) is 19.1 Å². The molecule has 1 aromatic heterocycles. The molecule has 2 N–H and O–H groups in total. The van der Waals surface area contributed by atoms with Gasteiger partial charge in [-0.1, -0.05) is 34.6 Å². The number of aryl methyl sites for hydroxylation is 2. The van der Waals surface area contributed by atoms with Crippen molar-refractivity contribution >= 4 is 50.0 Å². The summed E-state index contributed by atoms with van der Waals surface area (Å²) < 4.78 is 16.0. The Labute approximate surface area is 213 Å². The van der Waals surface area contributed by atoms with Gasteiger partial charge in [0.1, 0.15) is 16.4 Å². The van der Waals surface area contributed by atoms with E-state index < -0.39 is 22.9 Å². The number of carbonyl (C=O) groups excluding carboxylic acids is 1. The SMILES string of the molecule is CCc1cc(Br)cc(C)c1NC(=O)CSC(=Nc1ccc(F)cc1)c1c(O)n(C)c(=O)n(C)c1=O. The summed E-state index contributed by atoms with van der Waals surface area (Å²) in [5.74, 6) is -1.52. The highest BCUT2D eigenvalue weighted by Gasteiger charge is 2.22. The van der Waals surface area contributed by atoms with E-state index in [9.17, 15) is 23.9 Å². The van der Waals surface area contributed by atoms with Gasteiger partial charge < -0.3 is 10.4 Å². The maximum atomic E-state index is 13.4. The fourth-order valence-corrected chi connectivity index (χ4v) is 4.85. The zero-order chi connectivity index (χ0) is 25.9. The Bertz CT molecular complexity index is 1430. The highest BCUT2D eigenvalue weighted by molar-refractivity contribution is 9.10. The number of aromatic hydroxyl groups is 1. The molecule has 35 heavy (non-hydrogen) atoms. The van der Waals surface area contributed by atoms with Crippen LogP contribution in [0.15, 0.2) is 55.5 Å². The Morgan fingerprint density at radius 1 is 1.17 bits per heavy atom. The van der Waals surface area contributed by atoms with E-state index in [2.05, 4.69) is 26.2 Å². The van der Waals surface area contributed by atoms with Crippen molar-refractivity contribution in [3.63, 3.8) is 0 Å². The zero-order valence-electron chi connectivity index (χ0n) is 19.6. The molecule has 3 aromatic rings. The molecule has 0 radical (unpaired) electrons. The highest BCUT2D eigenvalue weighted by Crippen LogP contribution is 2.27. The predicted octanol–water partition coefficient (Wildman–Crippen LogP) is 4.01. The minimum Gasteiger partial charge on any atom is -0.494 e. The molecule has 1 heterocycles. The zero-order valence-corrected chi connectivity index (χ0v) is 22.0. The number of amides is 1. The number of halogens is 2. The lowest BCUT2D eigenvalue weighted by molar-refractivity contribution is -0.113. The molecule has 8 nitrogen and oxygen atoms in total. The first kappa shape index (κ1) is 26.4. The van der Waals surface area contributed by atoms with E-state index in [0.29, 0.717) is 17.8 Å². The van der Waals surface area contributed by atoms with Crippen LogP contribution in [0.1, 0.15) is 23.6 Å². The Kier molecular flexibility index (Phi) is 8.34. The van der Waals surface area contributed by atoms with Gasteiger partial charge in [0.2, 0.25) is 11.8 Å².